The average Bonchev–Trinajstić information content (AvgIpc) is 2.86. The molecular formula is C23H28ClN9O. The van der Waals surface area contributed by atoms with E-state index in [0.29, 0.717) is 22.7 Å². The summed E-state index contributed by atoms with van der Waals surface area (Å²) in [6.07, 6.45) is 3.13. The third-order valence-corrected chi connectivity index (χ3v) is 6.27. The van der Waals surface area contributed by atoms with E-state index in [4.69, 9.17) is 11.6 Å². The monoisotopic (exact) mass is 481 g/mol. The van der Waals surface area contributed by atoms with E-state index in [2.05, 4.69) is 52.6 Å². The van der Waals surface area contributed by atoms with Gasteiger partial charge in [0.1, 0.15) is 16.7 Å². The van der Waals surface area contributed by atoms with Crippen LogP contribution in [0.5, 0.6) is 0 Å². The third-order valence-electron chi connectivity index (χ3n) is 6.27. The molecule has 0 atom stereocenters. The van der Waals surface area contributed by atoms with Crippen LogP contribution in [0.4, 0.5) is 17.5 Å². The lowest BCUT2D eigenvalue weighted by atomic mass is 10.1. The van der Waals surface area contributed by atoms with Crippen LogP contribution < -0.4 is 21.1 Å². The Morgan fingerprint density at radius 1 is 1.09 bits per heavy atom. The molecule has 0 saturated carbocycles. The number of piperazine rings is 1. The van der Waals surface area contributed by atoms with Crippen LogP contribution >= 0.6 is 12.4 Å². The summed E-state index contributed by atoms with van der Waals surface area (Å²) in [5.74, 6) is 1.01. The zero-order valence-electron chi connectivity index (χ0n) is 18.8. The SMILES string of the molecule is Cl.[C-]#[N+]C1CCN(c2nc(Nc3ccc(CN4CCNCC4)cc3)c3c(=O)[nH]ncc3n2)CC1. The maximum absolute atomic E-state index is 12.5. The summed E-state index contributed by atoms with van der Waals surface area (Å²) in [4.78, 5) is 30.0. The molecule has 0 aliphatic carbocycles. The number of hydrogen-bond acceptors (Lipinski definition) is 8. The summed E-state index contributed by atoms with van der Waals surface area (Å²) in [5.41, 5.74) is 2.27. The summed E-state index contributed by atoms with van der Waals surface area (Å²) in [6, 6.07) is 8.30. The number of fused-ring (bicyclic) bond motifs is 1. The number of nitrogens with one attached hydrogen (secondary N) is 3. The molecule has 4 heterocycles. The zero-order valence-corrected chi connectivity index (χ0v) is 19.6. The first-order valence-electron chi connectivity index (χ1n) is 11.4. The van der Waals surface area contributed by atoms with Gasteiger partial charge in [0.2, 0.25) is 12.0 Å². The molecular weight excluding hydrogens is 454 g/mol. The summed E-state index contributed by atoms with van der Waals surface area (Å²) < 4.78 is 0. The maximum atomic E-state index is 12.5. The van der Waals surface area contributed by atoms with Gasteiger partial charge in [0.25, 0.3) is 5.56 Å². The predicted octanol–water partition coefficient (Wildman–Crippen LogP) is 2.17. The molecule has 0 amide bonds. The second kappa shape index (κ2) is 10.8. The fourth-order valence-electron chi connectivity index (χ4n) is 4.38. The van der Waals surface area contributed by atoms with Crippen molar-refractivity contribution in [1.82, 2.24) is 30.4 Å². The molecule has 10 nitrogen and oxygen atoms in total. The molecule has 0 unspecified atom stereocenters. The molecule has 3 N–H and O–H groups in total. The second-order valence-corrected chi connectivity index (χ2v) is 8.53. The highest BCUT2D eigenvalue weighted by molar-refractivity contribution is 5.90. The standard InChI is InChI=1S/C23H27N9O.ClH/c1-24-17-6-10-32(11-7-17)23-28-19-14-26-30-22(33)20(19)21(29-23)27-18-4-2-16(3-5-18)15-31-12-8-25-9-13-31;/h2-5,14,17,25H,6-13,15H2,(H,30,33)(H,27,28,29);1H. The van der Waals surface area contributed by atoms with E-state index in [1.54, 1.807) is 6.20 Å². The van der Waals surface area contributed by atoms with Crippen LogP contribution in [0.3, 0.4) is 0 Å². The summed E-state index contributed by atoms with van der Waals surface area (Å²) in [7, 11) is 0. The van der Waals surface area contributed by atoms with E-state index in [9.17, 15) is 4.79 Å². The van der Waals surface area contributed by atoms with Crippen molar-refractivity contribution in [3.63, 3.8) is 0 Å². The van der Waals surface area contributed by atoms with Crippen molar-refractivity contribution in [3.8, 4) is 0 Å². The minimum Gasteiger partial charge on any atom is -0.340 e. The van der Waals surface area contributed by atoms with Gasteiger partial charge < -0.3 is 20.4 Å². The Labute approximate surface area is 204 Å². The van der Waals surface area contributed by atoms with Crippen LogP contribution in [-0.4, -0.2) is 70.4 Å². The van der Waals surface area contributed by atoms with Gasteiger partial charge in [0.05, 0.1) is 6.20 Å². The molecule has 0 bridgehead atoms. The second-order valence-electron chi connectivity index (χ2n) is 8.53. The van der Waals surface area contributed by atoms with E-state index in [1.165, 1.54) is 5.56 Å². The smallest absolute Gasteiger partial charge is 0.277 e. The van der Waals surface area contributed by atoms with Gasteiger partial charge in [-0.05, 0) is 17.7 Å². The van der Waals surface area contributed by atoms with Gasteiger partial charge in [0, 0.05) is 64.3 Å². The van der Waals surface area contributed by atoms with Crippen molar-refractivity contribution in [2.75, 3.05) is 49.5 Å². The fourth-order valence-corrected chi connectivity index (χ4v) is 4.38. The molecule has 34 heavy (non-hydrogen) atoms. The molecule has 2 aliphatic heterocycles. The van der Waals surface area contributed by atoms with Crippen molar-refractivity contribution < 1.29 is 0 Å². The maximum Gasteiger partial charge on any atom is 0.277 e. The largest absolute Gasteiger partial charge is 0.340 e. The van der Waals surface area contributed by atoms with Gasteiger partial charge in [-0.25, -0.2) is 16.7 Å². The Kier molecular flexibility index (Phi) is 7.57. The van der Waals surface area contributed by atoms with Crippen LogP contribution in [-0.2, 0) is 6.54 Å². The number of aromatic nitrogens is 4. The predicted molar refractivity (Wildman–Crippen MR) is 135 cm³/mol. The van der Waals surface area contributed by atoms with Crippen molar-refractivity contribution in [1.29, 1.82) is 0 Å². The number of halogens is 1. The van der Waals surface area contributed by atoms with Gasteiger partial charge in [-0.15, -0.1) is 12.4 Å². The molecule has 2 aliphatic rings. The molecule has 2 saturated heterocycles. The van der Waals surface area contributed by atoms with E-state index in [-0.39, 0.29) is 24.0 Å². The molecule has 178 valence electrons. The van der Waals surface area contributed by atoms with Crippen LogP contribution in [0.15, 0.2) is 35.3 Å². The first-order chi connectivity index (χ1) is 16.2. The Hall–Kier alpha value is -3.26. The molecule has 2 fully saturated rings. The zero-order chi connectivity index (χ0) is 22.6. The number of nitrogens with zero attached hydrogens (tertiary/aromatic N) is 6. The minimum absolute atomic E-state index is 0. The van der Waals surface area contributed by atoms with Gasteiger partial charge in [-0.1, -0.05) is 12.1 Å². The Morgan fingerprint density at radius 3 is 2.53 bits per heavy atom. The minimum atomic E-state index is -0.330. The first kappa shape index (κ1) is 23.9. The van der Waals surface area contributed by atoms with Crippen LogP contribution in [0.2, 0.25) is 0 Å². The normalized spacial score (nSPS) is 17.2. The highest BCUT2D eigenvalue weighted by Gasteiger charge is 2.25. The number of rotatable bonds is 5. The topological polar surface area (TPSA) is 106 Å². The molecule has 0 radical (unpaired) electrons. The first-order valence-corrected chi connectivity index (χ1v) is 11.4. The van der Waals surface area contributed by atoms with Gasteiger partial charge in [-0.3, -0.25) is 9.69 Å². The molecule has 2 aromatic heterocycles. The van der Waals surface area contributed by atoms with Crippen LogP contribution in [0, 0.1) is 6.57 Å². The molecule has 3 aromatic rings. The average molecular weight is 482 g/mol. The lowest BCUT2D eigenvalue weighted by molar-refractivity contribution is 0.233. The number of H-pyrrole nitrogens is 1. The summed E-state index contributed by atoms with van der Waals surface area (Å²) >= 11 is 0. The van der Waals surface area contributed by atoms with E-state index in [1.807, 2.05) is 12.1 Å². The highest BCUT2D eigenvalue weighted by atomic mass is 35.5. The molecule has 5 rings (SSSR count). The summed E-state index contributed by atoms with van der Waals surface area (Å²) in [6.45, 7) is 13.8. The number of hydrogen-bond donors (Lipinski definition) is 3. The Bertz CT molecular complexity index is 1210. The van der Waals surface area contributed by atoms with Crippen molar-refractivity contribution in [2.45, 2.75) is 25.4 Å². The van der Waals surface area contributed by atoms with E-state index < -0.39 is 0 Å². The third kappa shape index (κ3) is 5.28. The Balaban J connectivity index is 0.00000274. The van der Waals surface area contributed by atoms with Crippen molar-refractivity contribution in [2.24, 2.45) is 0 Å². The van der Waals surface area contributed by atoms with Crippen molar-refractivity contribution >= 4 is 40.8 Å². The Morgan fingerprint density at radius 2 is 1.82 bits per heavy atom. The van der Waals surface area contributed by atoms with E-state index in [0.717, 1.165) is 64.3 Å². The molecule has 0 spiro atoms. The summed E-state index contributed by atoms with van der Waals surface area (Å²) in [5, 5.41) is 13.5. The van der Waals surface area contributed by atoms with Crippen LogP contribution in [0.25, 0.3) is 15.7 Å². The van der Waals surface area contributed by atoms with E-state index >= 15 is 0 Å². The van der Waals surface area contributed by atoms with Gasteiger partial charge in [-0.2, -0.15) is 10.1 Å². The number of aromatic amines is 1. The fraction of sp³-hybridized carbons (Fsp3) is 0.435. The number of anilines is 3. The molecule has 11 heteroatoms. The number of piperidine rings is 1. The number of benzene rings is 1. The van der Waals surface area contributed by atoms with Gasteiger partial charge in [0.15, 0.2) is 0 Å². The quantitative estimate of drug-likeness (QED) is 0.476. The lowest BCUT2D eigenvalue weighted by Gasteiger charge is -2.27. The lowest BCUT2D eigenvalue weighted by Crippen LogP contribution is -2.42. The highest BCUT2D eigenvalue weighted by Crippen LogP contribution is 2.26. The van der Waals surface area contributed by atoms with Crippen molar-refractivity contribution in [3.05, 3.63) is 57.8 Å². The van der Waals surface area contributed by atoms with Gasteiger partial charge >= 0.3 is 0 Å². The van der Waals surface area contributed by atoms with Crippen LogP contribution in [0.1, 0.15) is 18.4 Å². The molecule has 1 aromatic carbocycles.